The number of halogens is 1. The number of amides is 1. The second-order valence-electron chi connectivity index (χ2n) is 12.9. The molecule has 0 unspecified atom stereocenters. The Labute approximate surface area is 245 Å². The Morgan fingerprint density at radius 1 is 1.10 bits per heavy atom. The van der Waals surface area contributed by atoms with Crippen molar-refractivity contribution in [3.05, 3.63) is 42.0 Å². The number of anilines is 1. The molecule has 9 nitrogen and oxygen atoms in total. The minimum Gasteiger partial charge on any atom is -0.453 e. The fourth-order valence-corrected chi connectivity index (χ4v) is 5.10. The van der Waals surface area contributed by atoms with Crippen LogP contribution in [0.3, 0.4) is 0 Å². The second-order valence-corrected chi connectivity index (χ2v) is 17.7. The zero-order valence-corrected chi connectivity index (χ0v) is 27.1. The Morgan fingerprint density at radius 2 is 1.73 bits per heavy atom. The molecule has 0 N–H and O–H groups in total. The third-order valence-electron chi connectivity index (χ3n) is 7.85. The number of hydrogen-bond donors (Lipinski definition) is 0. The first-order chi connectivity index (χ1) is 19.1. The van der Waals surface area contributed by atoms with Crippen LogP contribution in [0, 0.1) is 5.82 Å². The SMILES string of the molecule is COC(=O)N(CCON=C1CCN(c2ncc(-c3cccc(CO[Si](C)(C)C(C)(C)C)c3F)cn2)CC1)C(C)(C)C. The molecule has 0 radical (unpaired) electrons. The van der Waals surface area contributed by atoms with E-state index in [1.54, 1.807) is 29.4 Å². The first-order valence-electron chi connectivity index (χ1n) is 14.2. The minimum absolute atomic E-state index is 0.0542. The highest BCUT2D eigenvalue weighted by Crippen LogP contribution is 2.37. The highest BCUT2D eigenvalue weighted by atomic mass is 28.4. The normalized spacial score (nSPS) is 14.6. The lowest BCUT2D eigenvalue weighted by Gasteiger charge is -2.36. The predicted octanol–water partition coefficient (Wildman–Crippen LogP) is 6.64. The van der Waals surface area contributed by atoms with Gasteiger partial charge in [-0.25, -0.2) is 19.2 Å². The van der Waals surface area contributed by atoms with Gasteiger partial charge < -0.3 is 18.9 Å². The average molecular weight is 588 g/mol. The van der Waals surface area contributed by atoms with Gasteiger partial charge in [0.2, 0.25) is 5.95 Å². The smallest absolute Gasteiger partial charge is 0.410 e. The molecule has 2 heterocycles. The van der Waals surface area contributed by atoms with E-state index in [2.05, 4.69) is 53.9 Å². The molecule has 226 valence electrons. The van der Waals surface area contributed by atoms with Crippen molar-refractivity contribution in [3.63, 3.8) is 0 Å². The Kier molecular flexibility index (Phi) is 10.5. The van der Waals surface area contributed by atoms with Crippen LogP contribution >= 0.6 is 0 Å². The number of oxime groups is 1. The molecule has 0 atom stereocenters. The summed E-state index contributed by atoms with van der Waals surface area (Å²) in [6, 6.07) is 5.37. The van der Waals surface area contributed by atoms with E-state index in [1.165, 1.54) is 7.11 Å². The van der Waals surface area contributed by atoms with Crippen LogP contribution in [0.25, 0.3) is 11.1 Å². The van der Waals surface area contributed by atoms with Crippen molar-refractivity contribution in [3.8, 4) is 11.1 Å². The summed E-state index contributed by atoms with van der Waals surface area (Å²) in [5.41, 5.74) is 2.22. The number of methoxy groups -OCH3 is 1. The van der Waals surface area contributed by atoms with E-state index in [9.17, 15) is 4.79 Å². The van der Waals surface area contributed by atoms with E-state index in [-0.39, 0.29) is 35.7 Å². The summed E-state index contributed by atoms with van der Waals surface area (Å²) >= 11 is 0. The molecule has 1 aromatic carbocycles. The molecule has 1 amide bonds. The molecular formula is C30H46FN5O4Si. The lowest BCUT2D eigenvalue weighted by Crippen LogP contribution is -2.47. The number of aromatic nitrogens is 2. The maximum atomic E-state index is 15.4. The fraction of sp³-hybridized carbons (Fsp3) is 0.600. The molecule has 1 aromatic heterocycles. The van der Waals surface area contributed by atoms with Crippen LogP contribution < -0.4 is 4.90 Å². The van der Waals surface area contributed by atoms with Crippen LogP contribution in [0.15, 0.2) is 35.7 Å². The van der Waals surface area contributed by atoms with Gasteiger partial charge in [-0.05, 0) is 38.9 Å². The molecule has 0 saturated carbocycles. The summed E-state index contributed by atoms with van der Waals surface area (Å²) < 4.78 is 26.6. The summed E-state index contributed by atoms with van der Waals surface area (Å²) in [5, 5.41) is 4.34. The van der Waals surface area contributed by atoms with Gasteiger partial charge in [0.15, 0.2) is 8.32 Å². The first kappa shape index (κ1) is 32.5. The van der Waals surface area contributed by atoms with Gasteiger partial charge in [0.25, 0.3) is 0 Å². The molecule has 0 spiro atoms. The van der Waals surface area contributed by atoms with Crippen molar-refractivity contribution in [2.75, 3.05) is 38.3 Å². The van der Waals surface area contributed by atoms with Gasteiger partial charge in [0.05, 0.1) is 26.0 Å². The number of carbonyl (C=O) groups is 1. The van der Waals surface area contributed by atoms with Gasteiger partial charge >= 0.3 is 6.09 Å². The maximum Gasteiger partial charge on any atom is 0.410 e. The lowest BCUT2D eigenvalue weighted by atomic mass is 10.1. The number of rotatable bonds is 9. The van der Waals surface area contributed by atoms with Crippen molar-refractivity contribution in [2.45, 2.75) is 84.7 Å². The molecule has 3 rings (SSSR count). The van der Waals surface area contributed by atoms with Crippen molar-refractivity contribution >= 4 is 26.1 Å². The molecule has 0 bridgehead atoms. The van der Waals surface area contributed by atoms with Crippen LogP contribution in [0.5, 0.6) is 0 Å². The van der Waals surface area contributed by atoms with Crippen LogP contribution in [0.4, 0.5) is 15.1 Å². The summed E-state index contributed by atoms with van der Waals surface area (Å²) in [5.74, 6) is 0.309. The Morgan fingerprint density at radius 3 is 2.29 bits per heavy atom. The molecular weight excluding hydrogens is 541 g/mol. The van der Waals surface area contributed by atoms with E-state index in [1.807, 2.05) is 26.8 Å². The van der Waals surface area contributed by atoms with Gasteiger partial charge in [-0.2, -0.15) is 0 Å². The molecule has 41 heavy (non-hydrogen) atoms. The van der Waals surface area contributed by atoms with Crippen LogP contribution in [-0.2, 0) is 20.6 Å². The van der Waals surface area contributed by atoms with E-state index in [0.29, 0.717) is 42.3 Å². The van der Waals surface area contributed by atoms with Gasteiger partial charge in [-0.15, -0.1) is 0 Å². The molecule has 1 saturated heterocycles. The maximum absolute atomic E-state index is 15.4. The molecule has 1 fully saturated rings. The van der Waals surface area contributed by atoms with Crippen molar-refractivity contribution in [1.82, 2.24) is 14.9 Å². The van der Waals surface area contributed by atoms with Crippen LogP contribution in [0.2, 0.25) is 18.1 Å². The van der Waals surface area contributed by atoms with Gasteiger partial charge in [0, 0.05) is 60.6 Å². The van der Waals surface area contributed by atoms with Gasteiger partial charge in [-0.3, -0.25) is 4.90 Å². The highest BCUT2D eigenvalue weighted by Gasteiger charge is 2.37. The second kappa shape index (κ2) is 13.3. The van der Waals surface area contributed by atoms with Crippen LogP contribution in [-0.4, -0.2) is 73.9 Å². The molecule has 2 aromatic rings. The third-order valence-corrected chi connectivity index (χ3v) is 12.3. The van der Waals surface area contributed by atoms with Crippen molar-refractivity contribution in [2.24, 2.45) is 5.16 Å². The zero-order chi connectivity index (χ0) is 30.4. The van der Waals surface area contributed by atoms with E-state index in [0.717, 1.165) is 18.6 Å². The molecule has 11 heteroatoms. The zero-order valence-electron chi connectivity index (χ0n) is 26.1. The Hall–Kier alpha value is -3.05. The van der Waals surface area contributed by atoms with E-state index < -0.39 is 8.32 Å². The number of benzene rings is 1. The third kappa shape index (κ3) is 8.48. The average Bonchev–Trinajstić information content (AvgIpc) is 2.91. The summed E-state index contributed by atoms with van der Waals surface area (Å²) in [6.45, 7) is 19.0. The number of piperidine rings is 1. The van der Waals surface area contributed by atoms with Crippen molar-refractivity contribution < 1.29 is 23.2 Å². The summed E-state index contributed by atoms with van der Waals surface area (Å²) in [4.78, 5) is 30.3. The number of nitrogens with zero attached hydrogens (tertiary/aromatic N) is 5. The predicted molar refractivity (Wildman–Crippen MR) is 163 cm³/mol. The van der Waals surface area contributed by atoms with Gasteiger partial charge in [-0.1, -0.05) is 44.1 Å². The number of ether oxygens (including phenoxy) is 1. The Bertz CT molecular complexity index is 1200. The van der Waals surface area contributed by atoms with Crippen molar-refractivity contribution in [1.29, 1.82) is 0 Å². The van der Waals surface area contributed by atoms with E-state index in [4.69, 9.17) is 14.0 Å². The molecule has 0 aliphatic carbocycles. The first-order valence-corrected chi connectivity index (χ1v) is 17.1. The monoisotopic (exact) mass is 587 g/mol. The number of carbonyl (C=O) groups excluding carboxylic acids is 1. The standard InChI is InChI=1S/C30H46FN5O4Si/c1-29(2,3)36(28(37)38-7)17-18-39-34-24-13-15-35(16-14-24)27-32-19-23(20-33-27)25-12-10-11-22(26(25)31)21-40-41(8,9)30(4,5)6/h10-12,19-20H,13-18,21H2,1-9H3. The molecule has 1 aliphatic rings. The quantitative estimate of drug-likeness (QED) is 0.184. The lowest BCUT2D eigenvalue weighted by molar-refractivity contribution is 0.0536. The highest BCUT2D eigenvalue weighted by molar-refractivity contribution is 6.74. The van der Waals surface area contributed by atoms with Crippen LogP contribution in [0.1, 0.15) is 59.9 Å². The largest absolute Gasteiger partial charge is 0.453 e. The van der Waals surface area contributed by atoms with E-state index >= 15 is 4.39 Å². The van der Waals surface area contributed by atoms with Gasteiger partial charge in [0.1, 0.15) is 12.4 Å². The Balaban J connectivity index is 1.55. The molecule has 1 aliphatic heterocycles. The summed E-state index contributed by atoms with van der Waals surface area (Å²) in [7, 11) is -0.627. The summed E-state index contributed by atoms with van der Waals surface area (Å²) in [6.07, 6.45) is 4.40. The minimum atomic E-state index is -2.00. The fourth-order valence-electron chi connectivity index (χ4n) is 4.15. The topological polar surface area (TPSA) is 89.4 Å². The number of hydrogen-bond acceptors (Lipinski definition) is 8.